The van der Waals surface area contributed by atoms with E-state index >= 15 is 0 Å². The molecule has 0 fully saturated rings. The quantitative estimate of drug-likeness (QED) is 0.368. The molecule has 4 aromatic rings. The number of primary sulfonamides is 1. The van der Waals surface area contributed by atoms with Gasteiger partial charge in [-0.3, -0.25) is 9.89 Å². The first kappa shape index (κ1) is 22.9. The van der Waals surface area contributed by atoms with Crippen molar-refractivity contribution >= 4 is 27.1 Å². The van der Waals surface area contributed by atoms with Crippen LogP contribution in [0.3, 0.4) is 0 Å². The summed E-state index contributed by atoms with van der Waals surface area (Å²) >= 11 is 1.30. The number of halogens is 3. The summed E-state index contributed by atoms with van der Waals surface area (Å²) in [5, 5.41) is 11.4. The van der Waals surface area contributed by atoms with Crippen molar-refractivity contribution in [2.24, 2.45) is 5.14 Å². The number of rotatable bonds is 5. The van der Waals surface area contributed by atoms with Gasteiger partial charge >= 0.3 is 6.18 Å². The van der Waals surface area contributed by atoms with Crippen LogP contribution >= 0.6 is 11.3 Å². The van der Waals surface area contributed by atoms with Crippen molar-refractivity contribution in [1.82, 2.24) is 10.2 Å². The topological polar surface area (TPSA) is 106 Å². The summed E-state index contributed by atoms with van der Waals surface area (Å²) < 4.78 is 64.8. The minimum absolute atomic E-state index is 0.0566. The van der Waals surface area contributed by atoms with E-state index in [0.717, 1.165) is 22.6 Å². The fourth-order valence-corrected chi connectivity index (χ4v) is 4.74. The zero-order valence-electron chi connectivity index (χ0n) is 17.0. The van der Waals surface area contributed by atoms with Gasteiger partial charge < -0.3 is 0 Å². The molecule has 6 nitrogen and oxygen atoms in total. The smallest absolute Gasteiger partial charge is 0.294 e. The van der Waals surface area contributed by atoms with Gasteiger partial charge in [0.1, 0.15) is 11.3 Å². The molecule has 2 aromatic carbocycles. The third-order valence-electron chi connectivity index (χ3n) is 4.92. The molecular formula is C22H16F3N3O3S2. The lowest BCUT2D eigenvalue weighted by Crippen LogP contribution is -2.12. The van der Waals surface area contributed by atoms with Crippen molar-refractivity contribution in [3.8, 4) is 33.0 Å². The summed E-state index contributed by atoms with van der Waals surface area (Å²) in [5.74, 6) is -0.0566. The molecule has 0 amide bonds. The second-order valence-corrected chi connectivity index (χ2v) is 9.83. The minimum atomic E-state index is -4.72. The van der Waals surface area contributed by atoms with Gasteiger partial charge in [-0.1, -0.05) is 36.4 Å². The summed E-state index contributed by atoms with van der Waals surface area (Å²) in [6, 6.07) is 14.6. The average molecular weight is 492 g/mol. The number of sulfonamides is 1. The lowest BCUT2D eigenvalue weighted by molar-refractivity contribution is -0.136. The first-order valence-corrected chi connectivity index (χ1v) is 11.8. The van der Waals surface area contributed by atoms with Crippen LogP contribution in [0.5, 0.6) is 0 Å². The Morgan fingerprint density at radius 2 is 1.52 bits per heavy atom. The van der Waals surface area contributed by atoms with Gasteiger partial charge in [-0.15, -0.1) is 11.3 Å². The van der Waals surface area contributed by atoms with E-state index in [2.05, 4.69) is 10.2 Å². The molecule has 11 heteroatoms. The number of benzene rings is 2. The summed E-state index contributed by atoms with van der Waals surface area (Å²) in [6.45, 7) is 1.47. The first-order valence-electron chi connectivity index (χ1n) is 9.45. The van der Waals surface area contributed by atoms with Crippen LogP contribution in [0, 0.1) is 0 Å². The van der Waals surface area contributed by atoms with Crippen LogP contribution in [0.25, 0.3) is 33.0 Å². The van der Waals surface area contributed by atoms with E-state index in [4.69, 9.17) is 5.14 Å². The Kier molecular flexibility index (Phi) is 5.72. The number of nitrogens with zero attached hydrogens (tertiary/aromatic N) is 1. The molecule has 4 rings (SSSR count). The lowest BCUT2D eigenvalue weighted by atomic mass is 10.0. The zero-order valence-corrected chi connectivity index (χ0v) is 18.6. The fourth-order valence-electron chi connectivity index (χ4n) is 3.32. The lowest BCUT2D eigenvalue weighted by Gasteiger charge is -2.11. The van der Waals surface area contributed by atoms with E-state index in [1.807, 2.05) is 0 Å². The Labute approximate surface area is 190 Å². The van der Waals surface area contributed by atoms with Crippen LogP contribution in [0.2, 0.25) is 0 Å². The molecule has 0 atom stereocenters. The van der Waals surface area contributed by atoms with E-state index in [1.54, 1.807) is 24.3 Å². The van der Waals surface area contributed by atoms with Crippen molar-refractivity contribution in [3.05, 3.63) is 71.1 Å². The Hall–Kier alpha value is -3.28. The largest absolute Gasteiger partial charge is 0.420 e. The third-order valence-corrected chi connectivity index (χ3v) is 7.08. The van der Waals surface area contributed by atoms with Gasteiger partial charge in [-0.2, -0.15) is 18.3 Å². The van der Waals surface area contributed by atoms with Crippen molar-refractivity contribution in [1.29, 1.82) is 0 Å². The number of aromatic amines is 1. The number of hydrogen-bond donors (Lipinski definition) is 2. The molecule has 0 aliphatic heterocycles. The highest BCUT2D eigenvalue weighted by Crippen LogP contribution is 2.42. The number of nitrogens with two attached hydrogens (primary N) is 1. The number of nitrogens with one attached hydrogen (secondary N) is 1. The maximum atomic E-state index is 14.0. The summed E-state index contributed by atoms with van der Waals surface area (Å²) in [5.41, 5.74) is -0.409. The molecule has 0 radical (unpaired) electrons. The van der Waals surface area contributed by atoms with Crippen molar-refractivity contribution < 1.29 is 26.4 Å². The molecule has 0 bridgehead atoms. The molecule has 0 saturated carbocycles. The van der Waals surface area contributed by atoms with E-state index in [-0.39, 0.29) is 33.2 Å². The van der Waals surface area contributed by atoms with Gasteiger partial charge in [0.05, 0.1) is 15.5 Å². The second kappa shape index (κ2) is 8.25. The third kappa shape index (κ3) is 4.61. The number of hydrogen-bond acceptors (Lipinski definition) is 5. The highest BCUT2D eigenvalue weighted by atomic mass is 32.2. The Balaban J connectivity index is 1.74. The predicted molar refractivity (Wildman–Crippen MR) is 119 cm³/mol. The van der Waals surface area contributed by atoms with E-state index < -0.39 is 21.8 Å². The van der Waals surface area contributed by atoms with Gasteiger partial charge in [-0.25, -0.2) is 13.6 Å². The number of carbonyl (C=O) groups excluding carboxylic acids is 1. The van der Waals surface area contributed by atoms with Crippen LogP contribution < -0.4 is 5.14 Å². The number of ketones is 1. The fraction of sp³-hybridized carbons (Fsp3) is 0.0909. The summed E-state index contributed by atoms with van der Waals surface area (Å²) in [4.78, 5) is 12.7. The number of carbonyl (C=O) groups is 1. The van der Waals surface area contributed by atoms with Crippen LogP contribution in [-0.2, 0) is 16.2 Å². The molecule has 33 heavy (non-hydrogen) atoms. The molecule has 3 N–H and O–H groups in total. The highest BCUT2D eigenvalue weighted by Gasteiger charge is 2.39. The number of aromatic nitrogens is 2. The maximum Gasteiger partial charge on any atom is 0.420 e. The van der Waals surface area contributed by atoms with Crippen molar-refractivity contribution in [3.63, 3.8) is 0 Å². The highest BCUT2D eigenvalue weighted by molar-refractivity contribution is 7.89. The molecule has 0 spiro atoms. The molecule has 0 aliphatic carbocycles. The van der Waals surface area contributed by atoms with Gasteiger partial charge in [0.25, 0.3) is 0 Å². The average Bonchev–Trinajstić information content (AvgIpc) is 3.41. The van der Waals surface area contributed by atoms with Gasteiger partial charge in [0.15, 0.2) is 5.78 Å². The van der Waals surface area contributed by atoms with Gasteiger partial charge in [0, 0.05) is 16.0 Å². The van der Waals surface area contributed by atoms with Crippen LogP contribution in [0.1, 0.15) is 22.2 Å². The van der Waals surface area contributed by atoms with Gasteiger partial charge in [-0.05, 0) is 36.8 Å². The zero-order chi connectivity index (χ0) is 24.0. The molecule has 170 valence electrons. The summed E-state index contributed by atoms with van der Waals surface area (Å²) in [7, 11) is -3.97. The van der Waals surface area contributed by atoms with Gasteiger partial charge in [0.2, 0.25) is 10.0 Å². The Bertz CT molecular complexity index is 1440. The molecule has 2 aromatic heterocycles. The predicted octanol–water partition coefficient (Wildman–Crippen LogP) is 5.34. The standard InChI is InChI=1S/C22H16F3N3O3S2/c1-12(29)17-10-11-18(32-17)13-2-4-14(5-3-13)20-19(22(23,24)25)21(28-27-20)15-6-8-16(9-7-15)33(26,30)31/h2-11H,1H3,(H,27,28)(H2,26,30,31). The second-order valence-electron chi connectivity index (χ2n) is 7.19. The number of alkyl halides is 3. The van der Waals surface area contributed by atoms with Crippen LogP contribution in [-0.4, -0.2) is 24.4 Å². The van der Waals surface area contributed by atoms with Crippen molar-refractivity contribution in [2.75, 3.05) is 0 Å². The number of H-pyrrole nitrogens is 1. The maximum absolute atomic E-state index is 14.0. The molecular weight excluding hydrogens is 475 g/mol. The first-order chi connectivity index (χ1) is 15.4. The number of thiophene rings is 1. The molecule has 0 saturated heterocycles. The Morgan fingerprint density at radius 3 is 2.03 bits per heavy atom. The minimum Gasteiger partial charge on any atom is -0.294 e. The van der Waals surface area contributed by atoms with E-state index in [9.17, 15) is 26.4 Å². The normalized spacial score (nSPS) is 12.2. The monoisotopic (exact) mass is 491 g/mol. The van der Waals surface area contributed by atoms with Crippen molar-refractivity contribution in [2.45, 2.75) is 18.0 Å². The molecule has 0 aliphatic rings. The van der Waals surface area contributed by atoms with E-state index in [1.165, 1.54) is 42.5 Å². The molecule has 2 heterocycles. The Morgan fingerprint density at radius 1 is 0.939 bits per heavy atom. The van der Waals surface area contributed by atoms with Crippen LogP contribution in [0.15, 0.2) is 65.6 Å². The summed E-state index contributed by atoms with van der Waals surface area (Å²) in [6.07, 6.45) is -4.72. The van der Waals surface area contributed by atoms with Crippen LogP contribution in [0.4, 0.5) is 13.2 Å². The number of Topliss-reactive ketones (excluding diaryl/α,β-unsaturated/α-hetero) is 1. The van der Waals surface area contributed by atoms with E-state index in [0.29, 0.717) is 4.88 Å². The molecule has 0 unspecified atom stereocenters. The SMILES string of the molecule is CC(=O)c1ccc(-c2ccc(-c3n[nH]c(-c4ccc(S(N)(=O)=O)cc4)c3C(F)(F)F)cc2)s1.